The van der Waals surface area contributed by atoms with Crippen LogP contribution in [0.2, 0.25) is 0 Å². The summed E-state index contributed by atoms with van der Waals surface area (Å²) in [5.41, 5.74) is 1.47. The molecular weight excluding hydrogens is 334 g/mol. The lowest BCUT2D eigenvalue weighted by Crippen LogP contribution is -2.37. The number of benzene rings is 1. The van der Waals surface area contributed by atoms with Crippen LogP contribution in [0.15, 0.2) is 30.5 Å². The molecule has 3 rings (SSSR count). The maximum atomic E-state index is 11.5. The summed E-state index contributed by atoms with van der Waals surface area (Å²) in [6.45, 7) is 3.96. The highest BCUT2D eigenvalue weighted by atomic mass is 16.5. The number of aliphatic hydroxyl groups excluding tert-OH is 1. The molecule has 7 nitrogen and oxygen atoms in total. The van der Waals surface area contributed by atoms with Gasteiger partial charge in [-0.05, 0) is 49.9 Å². The SMILES string of the molecule is CCOc1ccc(-c2ccnc(N3CCCC(CO)C3)n2)cc1C(=O)O. The summed E-state index contributed by atoms with van der Waals surface area (Å²) in [5.74, 6) is 0.151. The van der Waals surface area contributed by atoms with Crippen molar-refractivity contribution in [3.63, 3.8) is 0 Å². The number of aliphatic hydroxyl groups is 1. The van der Waals surface area contributed by atoms with E-state index in [0.29, 0.717) is 29.6 Å². The summed E-state index contributed by atoms with van der Waals surface area (Å²) in [7, 11) is 0. The van der Waals surface area contributed by atoms with E-state index in [0.717, 1.165) is 25.9 Å². The van der Waals surface area contributed by atoms with Crippen LogP contribution in [0.5, 0.6) is 5.75 Å². The molecule has 7 heteroatoms. The number of hydrogen-bond acceptors (Lipinski definition) is 6. The van der Waals surface area contributed by atoms with E-state index < -0.39 is 5.97 Å². The zero-order chi connectivity index (χ0) is 18.5. The molecule has 2 aromatic rings. The Kier molecular flexibility index (Phi) is 5.68. The van der Waals surface area contributed by atoms with Crippen molar-refractivity contribution in [3.05, 3.63) is 36.0 Å². The number of aromatic nitrogens is 2. The molecule has 0 bridgehead atoms. The molecule has 1 fully saturated rings. The summed E-state index contributed by atoms with van der Waals surface area (Å²) < 4.78 is 5.39. The highest BCUT2D eigenvalue weighted by Crippen LogP contribution is 2.27. The van der Waals surface area contributed by atoms with Crippen molar-refractivity contribution in [1.29, 1.82) is 0 Å². The summed E-state index contributed by atoms with van der Waals surface area (Å²) in [6.07, 6.45) is 3.68. The van der Waals surface area contributed by atoms with Gasteiger partial charge in [0.25, 0.3) is 0 Å². The van der Waals surface area contributed by atoms with Gasteiger partial charge in [-0.1, -0.05) is 0 Å². The number of aromatic carboxylic acids is 1. The molecule has 1 atom stereocenters. The minimum atomic E-state index is -1.04. The monoisotopic (exact) mass is 357 g/mol. The van der Waals surface area contributed by atoms with Crippen LogP contribution in [-0.2, 0) is 0 Å². The normalized spacial score (nSPS) is 17.2. The molecule has 1 aromatic carbocycles. The largest absolute Gasteiger partial charge is 0.493 e. The van der Waals surface area contributed by atoms with Crippen LogP contribution < -0.4 is 9.64 Å². The fourth-order valence-corrected chi connectivity index (χ4v) is 3.20. The molecule has 138 valence electrons. The van der Waals surface area contributed by atoms with E-state index >= 15 is 0 Å². The Morgan fingerprint density at radius 3 is 2.96 bits per heavy atom. The average Bonchev–Trinajstić information content (AvgIpc) is 2.68. The Balaban J connectivity index is 1.90. The standard InChI is InChI=1S/C19H23N3O4/c1-2-26-17-6-5-14(10-15(17)18(24)25)16-7-8-20-19(21-16)22-9-3-4-13(11-22)12-23/h5-8,10,13,23H,2-4,9,11-12H2,1H3,(H,24,25). The number of ether oxygens (including phenoxy) is 1. The second-order valence-corrected chi connectivity index (χ2v) is 6.33. The van der Waals surface area contributed by atoms with Crippen LogP contribution in [-0.4, -0.2) is 52.5 Å². The quantitative estimate of drug-likeness (QED) is 0.820. The van der Waals surface area contributed by atoms with Gasteiger partial charge in [-0.15, -0.1) is 0 Å². The number of rotatable bonds is 6. The third kappa shape index (κ3) is 3.94. The highest BCUT2D eigenvalue weighted by Gasteiger charge is 2.21. The number of piperidine rings is 1. The van der Waals surface area contributed by atoms with Crippen molar-refractivity contribution < 1.29 is 19.7 Å². The topological polar surface area (TPSA) is 95.8 Å². The van der Waals surface area contributed by atoms with E-state index in [9.17, 15) is 15.0 Å². The highest BCUT2D eigenvalue weighted by molar-refractivity contribution is 5.92. The minimum absolute atomic E-state index is 0.114. The van der Waals surface area contributed by atoms with Crippen molar-refractivity contribution in [1.82, 2.24) is 9.97 Å². The van der Waals surface area contributed by atoms with Gasteiger partial charge in [-0.3, -0.25) is 0 Å². The van der Waals surface area contributed by atoms with Crippen molar-refractivity contribution in [2.75, 3.05) is 31.2 Å². The fourth-order valence-electron chi connectivity index (χ4n) is 3.20. The fraction of sp³-hybridized carbons (Fsp3) is 0.421. The number of carboxylic acid groups (broad SMARTS) is 1. The summed E-state index contributed by atoms with van der Waals surface area (Å²) in [5, 5.41) is 18.8. The van der Waals surface area contributed by atoms with Gasteiger partial charge in [0, 0.05) is 31.5 Å². The van der Waals surface area contributed by atoms with Crippen LogP contribution >= 0.6 is 0 Å². The lowest BCUT2D eigenvalue weighted by Gasteiger charge is -2.31. The number of hydrogen-bond donors (Lipinski definition) is 2. The van der Waals surface area contributed by atoms with E-state index in [1.54, 1.807) is 30.5 Å². The molecule has 1 aliphatic rings. The summed E-state index contributed by atoms with van der Waals surface area (Å²) in [6, 6.07) is 6.80. The van der Waals surface area contributed by atoms with Gasteiger partial charge in [-0.25, -0.2) is 14.8 Å². The van der Waals surface area contributed by atoms with E-state index in [-0.39, 0.29) is 18.1 Å². The van der Waals surface area contributed by atoms with Gasteiger partial charge in [0.15, 0.2) is 0 Å². The Hall–Kier alpha value is -2.67. The van der Waals surface area contributed by atoms with E-state index in [4.69, 9.17) is 4.74 Å². The number of carboxylic acids is 1. The maximum Gasteiger partial charge on any atom is 0.339 e. The molecular formula is C19H23N3O4. The number of nitrogens with zero attached hydrogens (tertiary/aromatic N) is 3. The predicted molar refractivity (Wildman–Crippen MR) is 97.6 cm³/mol. The van der Waals surface area contributed by atoms with Crippen molar-refractivity contribution >= 4 is 11.9 Å². The number of carbonyl (C=O) groups is 1. The molecule has 1 aromatic heterocycles. The number of anilines is 1. The maximum absolute atomic E-state index is 11.5. The molecule has 2 heterocycles. The first-order valence-electron chi connectivity index (χ1n) is 8.81. The second-order valence-electron chi connectivity index (χ2n) is 6.33. The Morgan fingerprint density at radius 1 is 1.38 bits per heavy atom. The first kappa shape index (κ1) is 18.1. The van der Waals surface area contributed by atoms with Crippen LogP contribution in [0.25, 0.3) is 11.3 Å². The van der Waals surface area contributed by atoms with Crippen LogP contribution in [0, 0.1) is 5.92 Å². The van der Waals surface area contributed by atoms with Gasteiger partial charge >= 0.3 is 5.97 Å². The smallest absolute Gasteiger partial charge is 0.339 e. The molecule has 0 saturated carbocycles. The Morgan fingerprint density at radius 2 is 2.23 bits per heavy atom. The Labute approximate surface area is 152 Å². The first-order valence-corrected chi connectivity index (χ1v) is 8.81. The van der Waals surface area contributed by atoms with Gasteiger partial charge in [0.05, 0.1) is 12.3 Å². The van der Waals surface area contributed by atoms with Crippen molar-refractivity contribution in [2.45, 2.75) is 19.8 Å². The van der Waals surface area contributed by atoms with E-state index in [1.807, 2.05) is 6.92 Å². The molecule has 0 aliphatic carbocycles. The zero-order valence-electron chi connectivity index (χ0n) is 14.8. The van der Waals surface area contributed by atoms with Gasteiger partial charge in [0.1, 0.15) is 11.3 Å². The second kappa shape index (κ2) is 8.14. The molecule has 0 amide bonds. The van der Waals surface area contributed by atoms with Crippen molar-refractivity contribution in [2.24, 2.45) is 5.92 Å². The minimum Gasteiger partial charge on any atom is -0.493 e. The van der Waals surface area contributed by atoms with E-state index in [1.165, 1.54) is 0 Å². The molecule has 1 unspecified atom stereocenters. The van der Waals surface area contributed by atoms with Crippen LogP contribution in [0.4, 0.5) is 5.95 Å². The first-order chi connectivity index (χ1) is 12.6. The van der Waals surface area contributed by atoms with Crippen molar-refractivity contribution in [3.8, 4) is 17.0 Å². The third-order valence-corrected chi connectivity index (χ3v) is 4.51. The average molecular weight is 357 g/mol. The molecule has 1 aliphatic heterocycles. The zero-order valence-corrected chi connectivity index (χ0v) is 14.8. The van der Waals surface area contributed by atoms with Gasteiger partial charge in [-0.2, -0.15) is 0 Å². The molecule has 1 saturated heterocycles. The Bertz CT molecular complexity index is 781. The molecule has 26 heavy (non-hydrogen) atoms. The predicted octanol–water partition coefficient (Wildman–Crippen LogP) is 2.45. The molecule has 0 spiro atoms. The molecule has 2 N–H and O–H groups in total. The van der Waals surface area contributed by atoms with Gasteiger partial charge < -0.3 is 19.8 Å². The van der Waals surface area contributed by atoms with Gasteiger partial charge in [0.2, 0.25) is 5.95 Å². The molecule has 0 radical (unpaired) electrons. The summed E-state index contributed by atoms with van der Waals surface area (Å²) in [4.78, 5) is 22.6. The summed E-state index contributed by atoms with van der Waals surface area (Å²) >= 11 is 0. The third-order valence-electron chi connectivity index (χ3n) is 4.51. The van der Waals surface area contributed by atoms with E-state index in [2.05, 4.69) is 14.9 Å². The van der Waals surface area contributed by atoms with Crippen LogP contribution in [0.3, 0.4) is 0 Å². The lowest BCUT2D eigenvalue weighted by atomic mass is 9.99. The van der Waals surface area contributed by atoms with Crippen LogP contribution in [0.1, 0.15) is 30.1 Å². The lowest BCUT2D eigenvalue weighted by molar-refractivity contribution is 0.0692.